The summed E-state index contributed by atoms with van der Waals surface area (Å²) in [5, 5.41) is 1.85. The topological polar surface area (TPSA) is 29.0 Å². The lowest BCUT2D eigenvalue weighted by atomic mass is 9.95. The third kappa shape index (κ3) is 1.96. The van der Waals surface area contributed by atoms with Crippen LogP contribution in [-0.2, 0) is 0 Å². The first-order valence-electron chi connectivity index (χ1n) is 6.91. The molecule has 0 bridgehead atoms. The van der Waals surface area contributed by atoms with E-state index in [9.17, 15) is 0 Å². The summed E-state index contributed by atoms with van der Waals surface area (Å²) in [6, 6.07) is 5.88. The van der Waals surface area contributed by atoms with Gasteiger partial charge in [0.05, 0.1) is 5.52 Å². The Balaban J connectivity index is 1.77. The summed E-state index contributed by atoms with van der Waals surface area (Å²) >= 11 is 6.04. The van der Waals surface area contributed by atoms with Crippen molar-refractivity contribution in [1.29, 1.82) is 0 Å². The standard InChI is InChI=1S/C15H16ClN3/c16-11-2-3-12-13(8-11)17-10-18-14(12)19-7-1-4-15(9-19)5-6-15/h2-3,8,10H,1,4-7,9H2. The molecule has 1 saturated heterocycles. The number of hydrogen-bond acceptors (Lipinski definition) is 3. The molecule has 2 heterocycles. The molecular formula is C15H16ClN3. The fourth-order valence-corrected chi connectivity index (χ4v) is 3.41. The van der Waals surface area contributed by atoms with Crippen molar-refractivity contribution in [2.75, 3.05) is 18.0 Å². The first-order valence-corrected chi connectivity index (χ1v) is 7.29. The maximum absolute atomic E-state index is 6.04. The van der Waals surface area contributed by atoms with Crippen LogP contribution in [0.1, 0.15) is 25.7 Å². The third-order valence-corrected chi connectivity index (χ3v) is 4.73. The first-order chi connectivity index (χ1) is 9.26. The van der Waals surface area contributed by atoms with Crippen molar-refractivity contribution in [3.63, 3.8) is 0 Å². The molecule has 4 rings (SSSR count). The van der Waals surface area contributed by atoms with Gasteiger partial charge >= 0.3 is 0 Å². The van der Waals surface area contributed by atoms with Crippen molar-refractivity contribution in [3.8, 4) is 0 Å². The highest BCUT2D eigenvalue weighted by Crippen LogP contribution is 2.52. The molecule has 4 heteroatoms. The van der Waals surface area contributed by atoms with Crippen molar-refractivity contribution in [3.05, 3.63) is 29.5 Å². The molecule has 98 valence electrons. The van der Waals surface area contributed by atoms with Crippen molar-refractivity contribution in [2.24, 2.45) is 5.41 Å². The molecule has 1 aliphatic heterocycles. The van der Waals surface area contributed by atoms with E-state index in [0.717, 1.165) is 34.8 Å². The van der Waals surface area contributed by atoms with Gasteiger partial charge in [0.1, 0.15) is 12.1 Å². The number of halogens is 1. The zero-order valence-corrected chi connectivity index (χ0v) is 11.5. The second-order valence-electron chi connectivity index (χ2n) is 5.88. The summed E-state index contributed by atoms with van der Waals surface area (Å²) in [4.78, 5) is 11.3. The summed E-state index contributed by atoms with van der Waals surface area (Å²) < 4.78 is 0. The molecule has 0 atom stereocenters. The molecular weight excluding hydrogens is 258 g/mol. The highest BCUT2D eigenvalue weighted by Gasteiger charge is 2.45. The van der Waals surface area contributed by atoms with Gasteiger partial charge in [0.25, 0.3) is 0 Å². The van der Waals surface area contributed by atoms with Gasteiger partial charge in [-0.15, -0.1) is 0 Å². The second-order valence-corrected chi connectivity index (χ2v) is 6.32. The van der Waals surface area contributed by atoms with E-state index in [-0.39, 0.29) is 0 Å². The molecule has 0 amide bonds. The van der Waals surface area contributed by atoms with E-state index >= 15 is 0 Å². The largest absolute Gasteiger partial charge is 0.355 e. The van der Waals surface area contributed by atoms with Crippen LogP contribution in [0.15, 0.2) is 24.5 Å². The van der Waals surface area contributed by atoms with E-state index in [1.807, 2.05) is 18.2 Å². The van der Waals surface area contributed by atoms with Crippen molar-refractivity contribution in [1.82, 2.24) is 9.97 Å². The molecule has 2 aromatic rings. The fraction of sp³-hybridized carbons (Fsp3) is 0.467. The van der Waals surface area contributed by atoms with E-state index < -0.39 is 0 Å². The Labute approximate surface area is 117 Å². The summed E-state index contributed by atoms with van der Waals surface area (Å²) in [5.74, 6) is 1.08. The number of benzene rings is 1. The molecule has 2 fully saturated rings. The summed E-state index contributed by atoms with van der Waals surface area (Å²) in [5.41, 5.74) is 1.54. The Morgan fingerprint density at radius 2 is 2.05 bits per heavy atom. The van der Waals surface area contributed by atoms with Crippen LogP contribution in [0.4, 0.5) is 5.82 Å². The molecule has 1 saturated carbocycles. The van der Waals surface area contributed by atoms with Crippen LogP contribution in [0.2, 0.25) is 5.02 Å². The molecule has 0 unspecified atom stereocenters. The number of aromatic nitrogens is 2. The van der Waals surface area contributed by atoms with E-state index in [4.69, 9.17) is 11.6 Å². The molecule has 3 nitrogen and oxygen atoms in total. The Kier molecular flexibility index (Phi) is 2.46. The molecule has 0 N–H and O–H groups in total. The van der Waals surface area contributed by atoms with Gasteiger partial charge in [-0.3, -0.25) is 0 Å². The lowest BCUT2D eigenvalue weighted by molar-refractivity contribution is 0.394. The van der Waals surface area contributed by atoms with E-state index in [1.165, 1.54) is 25.7 Å². The first kappa shape index (κ1) is 11.5. The Hall–Kier alpha value is -1.35. The Morgan fingerprint density at radius 1 is 1.16 bits per heavy atom. The molecule has 19 heavy (non-hydrogen) atoms. The van der Waals surface area contributed by atoms with Crippen molar-refractivity contribution < 1.29 is 0 Å². The van der Waals surface area contributed by atoms with Crippen LogP contribution in [0.3, 0.4) is 0 Å². The highest BCUT2D eigenvalue weighted by molar-refractivity contribution is 6.31. The van der Waals surface area contributed by atoms with Gasteiger partial charge in [0.2, 0.25) is 0 Å². The third-order valence-electron chi connectivity index (χ3n) is 4.50. The lowest BCUT2D eigenvalue weighted by Gasteiger charge is -2.34. The zero-order chi connectivity index (χ0) is 12.9. The van der Waals surface area contributed by atoms with Crippen LogP contribution in [-0.4, -0.2) is 23.1 Å². The number of piperidine rings is 1. The van der Waals surface area contributed by atoms with Crippen LogP contribution in [0.5, 0.6) is 0 Å². The number of fused-ring (bicyclic) bond motifs is 1. The predicted molar refractivity (Wildman–Crippen MR) is 77.7 cm³/mol. The molecule has 1 aromatic carbocycles. The van der Waals surface area contributed by atoms with Crippen molar-refractivity contribution in [2.45, 2.75) is 25.7 Å². The highest BCUT2D eigenvalue weighted by atomic mass is 35.5. The van der Waals surface area contributed by atoms with Crippen LogP contribution in [0, 0.1) is 5.41 Å². The van der Waals surface area contributed by atoms with E-state index in [2.05, 4.69) is 14.9 Å². The summed E-state index contributed by atoms with van der Waals surface area (Å²) in [6.07, 6.45) is 7.09. The second kappa shape index (κ2) is 4.07. The molecule has 0 radical (unpaired) electrons. The maximum Gasteiger partial charge on any atom is 0.139 e. The minimum absolute atomic E-state index is 0.599. The summed E-state index contributed by atoms with van der Waals surface area (Å²) in [7, 11) is 0. The van der Waals surface area contributed by atoms with Gasteiger partial charge in [-0.05, 0) is 49.3 Å². The fourth-order valence-electron chi connectivity index (χ4n) is 3.24. The average molecular weight is 274 g/mol. The quantitative estimate of drug-likeness (QED) is 0.794. The maximum atomic E-state index is 6.04. The zero-order valence-electron chi connectivity index (χ0n) is 10.8. The Bertz CT molecular complexity index is 636. The number of nitrogens with zero attached hydrogens (tertiary/aromatic N) is 3. The van der Waals surface area contributed by atoms with E-state index in [0.29, 0.717) is 5.41 Å². The van der Waals surface area contributed by atoms with Crippen molar-refractivity contribution >= 4 is 28.3 Å². The van der Waals surface area contributed by atoms with Crippen LogP contribution in [0.25, 0.3) is 10.9 Å². The Morgan fingerprint density at radius 3 is 2.89 bits per heavy atom. The smallest absolute Gasteiger partial charge is 0.139 e. The minimum atomic E-state index is 0.599. The average Bonchev–Trinajstić information content (AvgIpc) is 3.16. The van der Waals surface area contributed by atoms with Gasteiger partial charge in [0.15, 0.2) is 0 Å². The lowest BCUT2D eigenvalue weighted by Crippen LogP contribution is -2.37. The normalized spacial score (nSPS) is 21.0. The molecule has 1 spiro atoms. The van der Waals surface area contributed by atoms with Gasteiger partial charge in [-0.25, -0.2) is 9.97 Å². The minimum Gasteiger partial charge on any atom is -0.355 e. The summed E-state index contributed by atoms with van der Waals surface area (Å²) in [6.45, 7) is 2.26. The van der Waals surface area contributed by atoms with Crippen LogP contribution >= 0.6 is 11.6 Å². The number of rotatable bonds is 1. The van der Waals surface area contributed by atoms with Gasteiger partial charge in [0, 0.05) is 23.5 Å². The predicted octanol–water partition coefficient (Wildman–Crippen LogP) is 3.66. The monoisotopic (exact) mass is 273 g/mol. The van der Waals surface area contributed by atoms with Crippen LogP contribution < -0.4 is 4.90 Å². The molecule has 2 aliphatic rings. The number of anilines is 1. The van der Waals surface area contributed by atoms with Gasteiger partial charge in [-0.2, -0.15) is 0 Å². The van der Waals surface area contributed by atoms with Gasteiger partial charge < -0.3 is 4.90 Å². The number of hydrogen-bond donors (Lipinski definition) is 0. The SMILES string of the molecule is Clc1ccc2c(N3CCCC4(CC4)C3)ncnc2c1. The molecule has 1 aromatic heterocycles. The van der Waals surface area contributed by atoms with E-state index in [1.54, 1.807) is 6.33 Å². The molecule has 1 aliphatic carbocycles. The van der Waals surface area contributed by atoms with Gasteiger partial charge in [-0.1, -0.05) is 11.6 Å².